The standard InChI is InChI=1S/C25H25ClN4O3S/c26-17-7-8-20-22(12-17)29-25(30(24(20)32)14-18-4-3-11-33-18)34-15-23(31)27-10-9-16-13-28-21-6-2-1-5-19(16)21/h1-2,5-8,12-13,18,28H,3-4,9-11,14-15H2,(H,27,31)/t18-/m1/s1. The van der Waals surface area contributed by atoms with Crippen LogP contribution < -0.4 is 10.9 Å². The van der Waals surface area contributed by atoms with Crippen molar-refractivity contribution in [3.8, 4) is 0 Å². The van der Waals surface area contributed by atoms with E-state index in [1.54, 1.807) is 22.8 Å². The molecule has 1 amide bonds. The second-order valence-electron chi connectivity index (χ2n) is 8.35. The average molecular weight is 497 g/mol. The molecular weight excluding hydrogens is 472 g/mol. The number of hydrogen-bond acceptors (Lipinski definition) is 5. The third-order valence-electron chi connectivity index (χ3n) is 6.02. The van der Waals surface area contributed by atoms with Crippen LogP contribution in [-0.2, 0) is 22.5 Å². The van der Waals surface area contributed by atoms with E-state index in [4.69, 9.17) is 16.3 Å². The maximum Gasteiger partial charge on any atom is 0.262 e. The average Bonchev–Trinajstić information content (AvgIpc) is 3.50. The third-order valence-corrected chi connectivity index (χ3v) is 7.23. The van der Waals surface area contributed by atoms with Gasteiger partial charge in [0.1, 0.15) is 0 Å². The molecule has 176 valence electrons. The van der Waals surface area contributed by atoms with E-state index in [2.05, 4.69) is 21.4 Å². The maximum atomic E-state index is 13.2. The SMILES string of the molecule is O=C(CSc1nc2cc(Cl)ccc2c(=O)n1C[C@H]1CCCO1)NCCc1c[nH]c2ccccc12. The second-order valence-corrected chi connectivity index (χ2v) is 9.73. The summed E-state index contributed by atoms with van der Waals surface area (Å²) in [5.41, 5.74) is 2.65. The first-order valence-electron chi connectivity index (χ1n) is 11.3. The number of thioether (sulfide) groups is 1. The summed E-state index contributed by atoms with van der Waals surface area (Å²) in [6, 6.07) is 13.2. The largest absolute Gasteiger partial charge is 0.376 e. The fourth-order valence-electron chi connectivity index (χ4n) is 4.29. The summed E-state index contributed by atoms with van der Waals surface area (Å²) < 4.78 is 7.38. The molecule has 5 rings (SSSR count). The zero-order valence-electron chi connectivity index (χ0n) is 18.6. The number of H-pyrrole nitrogens is 1. The van der Waals surface area contributed by atoms with Crippen LogP contribution in [0.1, 0.15) is 18.4 Å². The molecule has 0 unspecified atom stereocenters. The number of aromatic amines is 1. The molecule has 1 fully saturated rings. The van der Waals surface area contributed by atoms with Gasteiger partial charge in [0.15, 0.2) is 5.16 Å². The predicted octanol–water partition coefficient (Wildman–Crippen LogP) is 4.16. The van der Waals surface area contributed by atoms with Gasteiger partial charge in [0.2, 0.25) is 5.91 Å². The smallest absolute Gasteiger partial charge is 0.262 e. The van der Waals surface area contributed by atoms with Gasteiger partial charge in [-0.2, -0.15) is 0 Å². The van der Waals surface area contributed by atoms with Gasteiger partial charge in [-0.25, -0.2) is 4.98 Å². The molecule has 2 N–H and O–H groups in total. The molecule has 7 nitrogen and oxygen atoms in total. The number of rotatable bonds is 8. The minimum absolute atomic E-state index is 0.0198. The zero-order chi connectivity index (χ0) is 23.5. The third kappa shape index (κ3) is 4.99. The van der Waals surface area contributed by atoms with Gasteiger partial charge in [0.05, 0.1) is 29.3 Å². The highest BCUT2D eigenvalue weighted by Gasteiger charge is 2.21. The van der Waals surface area contributed by atoms with Crippen molar-refractivity contribution in [2.45, 2.75) is 37.1 Å². The lowest BCUT2D eigenvalue weighted by atomic mass is 10.1. The molecular formula is C25H25ClN4O3S. The van der Waals surface area contributed by atoms with Crippen LogP contribution in [0.4, 0.5) is 0 Å². The molecule has 34 heavy (non-hydrogen) atoms. The van der Waals surface area contributed by atoms with E-state index in [0.717, 1.165) is 24.8 Å². The summed E-state index contributed by atoms with van der Waals surface area (Å²) in [5, 5.41) is 5.67. The van der Waals surface area contributed by atoms with Crippen molar-refractivity contribution in [2.24, 2.45) is 0 Å². The van der Waals surface area contributed by atoms with Crippen molar-refractivity contribution in [3.05, 3.63) is 69.6 Å². The molecule has 0 bridgehead atoms. The summed E-state index contributed by atoms with van der Waals surface area (Å²) >= 11 is 7.38. The summed E-state index contributed by atoms with van der Waals surface area (Å²) in [6.07, 6.45) is 4.59. The Balaban J connectivity index is 1.27. The molecule has 4 aromatic rings. The molecule has 9 heteroatoms. The minimum atomic E-state index is -0.139. The van der Waals surface area contributed by atoms with E-state index in [0.29, 0.717) is 40.8 Å². The van der Waals surface area contributed by atoms with Crippen molar-refractivity contribution in [1.29, 1.82) is 0 Å². The minimum Gasteiger partial charge on any atom is -0.376 e. The molecule has 3 heterocycles. The second kappa shape index (κ2) is 10.2. The molecule has 1 atom stereocenters. The van der Waals surface area contributed by atoms with Crippen molar-refractivity contribution in [1.82, 2.24) is 19.9 Å². The molecule has 1 saturated heterocycles. The fourth-order valence-corrected chi connectivity index (χ4v) is 5.30. The van der Waals surface area contributed by atoms with E-state index in [1.807, 2.05) is 24.4 Å². The van der Waals surface area contributed by atoms with Crippen molar-refractivity contribution >= 4 is 51.1 Å². The first-order valence-corrected chi connectivity index (χ1v) is 12.7. The van der Waals surface area contributed by atoms with Crippen LogP contribution in [0, 0.1) is 0 Å². The predicted molar refractivity (Wildman–Crippen MR) is 136 cm³/mol. The van der Waals surface area contributed by atoms with Crippen LogP contribution in [0.15, 0.2) is 58.6 Å². The monoisotopic (exact) mass is 496 g/mol. The lowest BCUT2D eigenvalue weighted by Crippen LogP contribution is -2.30. The number of hydrogen-bond donors (Lipinski definition) is 2. The van der Waals surface area contributed by atoms with E-state index < -0.39 is 0 Å². The number of aromatic nitrogens is 3. The van der Waals surface area contributed by atoms with E-state index in [1.165, 1.54) is 22.7 Å². The van der Waals surface area contributed by atoms with Gasteiger partial charge < -0.3 is 15.0 Å². The first kappa shape index (κ1) is 23.0. The summed E-state index contributed by atoms with van der Waals surface area (Å²) in [7, 11) is 0. The van der Waals surface area contributed by atoms with Gasteiger partial charge >= 0.3 is 0 Å². The Morgan fingerprint density at radius 3 is 3.00 bits per heavy atom. The number of ether oxygens (including phenoxy) is 1. The van der Waals surface area contributed by atoms with Gasteiger partial charge in [0.25, 0.3) is 5.56 Å². The van der Waals surface area contributed by atoms with Crippen molar-refractivity contribution in [2.75, 3.05) is 18.9 Å². The lowest BCUT2D eigenvalue weighted by Gasteiger charge is -2.16. The van der Waals surface area contributed by atoms with Crippen LogP contribution in [-0.4, -0.2) is 45.5 Å². The number of benzene rings is 2. The highest BCUT2D eigenvalue weighted by atomic mass is 35.5. The number of para-hydroxylation sites is 1. The van der Waals surface area contributed by atoms with Crippen LogP contribution in [0.2, 0.25) is 5.02 Å². The van der Waals surface area contributed by atoms with Crippen LogP contribution in [0.3, 0.4) is 0 Å². The van der Waals surface area contributed by atoms with E-state index >= 15 is 0 Å². The Hall–Kier alpha value is -2.81. The molecule has 2 aromatic carbocycles. The van der Waals surface area contributed by atoms with E-state index in [-0.39, 0.29) is 23.3 Å². The molecule has 2 aromatic heterocycles. The quantitative estimate of drug-likeness (QED) is 0.282. The Morgan fingerprint density at radius 2 is 2.15 bits per heavy atom. The summed E-state index contributed by atoms with van der Waals surface area (Å²) in [5.74, 6) is 0.0618. The fraction of sp³-hybridized carbons (Fsp3) is 0.320. The Morgan fingerprint density at radius 1 is 1.26 bits per heavy atom. The number of nitrogens with one attached hydrogen (secondary N) is 2. The van der Waals surface area contributed by atoms with Gasteiger partial charge in [-0.15, -0.1) is 0 Å². The normalized spacial score (nSPS) is 15.9. The molecule has 1 aliphatic rings. The topological polar surface area (TPSA) is 89.0 Å². The van der Waals surface area contributed by atoms with E-state index in [9.17, 15) is 9.59 Å². The number of carbonyl (C=O) groups is 1. The van der Waals surface area contributed by atoms with Crippen molar-refractivity contribution in [3.63, 3.8) is 0 Å². The van der Waals surface area contributed by atoms with Gasteiger partial charge in [-0.3, -0.25) is 14.2 Å². The Kier molecular flexibility index (Phi) is 6.89. The van der Waals surface area contributed by atoms with Gasteiger partial charge in [0, 0.05) is 35.3 Å². The van der Waals surface area contributed by atoms with Gasteiger partial charge in [-0.05, 0) is 49.1 Å². The first-order chi connectivity index (χ1) is 16.6. The number of carbonyl (C=O) groups excluding carboxylic acids is 1. The number of halogens is 1. The molecule has 0 spiro atoms. The molecule has 1 aliphatic heterocycles. The highest BCUT2D eigenvalue weighted by molar-refractivity contribution is 7.99. The number of amides is 1. The van der Waals surface area contributed by atoms with Crippen molar-refractivity contribution < 1.29 is 9.53 Å². The molecule has 0 saturated carbocycles. The van der Waals surface area contributed by atoms with Crippen LogP contribution in [0.25, 0.3) is 21.8 Å². The lowest BCUT2D eigenvalue weighted by molar-refractivity contribution is -0.118. The summed E-state index contributed by atoms with van der Waals surface area (Å²) in [4.78, 5) is 33.7. The Labute approximate surface area is 205 Å². The van der Waals surface area contributed by atoms with Crippen LogP contribution >= 0.6 is 23.4 Å². The maximum absolute atomic E-state index is 13.2. The highest BCUT2D eigenvalue weighted by Crippen LogP contribution is 2.23. The van der Waals surface area contributed by atoms with Gasteiger partial charge in [-0.1, -0.05) is 41.6 Å². The summed E-state index contributed by atoms with van der Waals surface area (Å²) in [6.45, 7) is 1.66. The van der Waals surface area contributed by atoms with Crippen LogP contribution in [0.5, 0.6) is 0 Å². The zero-order valence-corrected chi connectivity index (χ0v) is 20.1. The molecule has 0 radical (unpaired) electrons. The number of nitrogens with zero attached hydrogens (tertiary/aromatic N) is 2. The molecule has 0 aliphatic carbocycles. The number of fused-ring (bicyclic) bond motifs is 2. The Bertz CT molecular complexity index is 1390.